The molecule has 1 nitrogen and oxygen atoms in total. The van der Waals surface area contributed by atoms with Crippen LogP contribution in [-0.2, 0) is 0 Å². The lowest BCUT2D eigenvalue weighted by molar-refractivity contribution is 0.282. The van der Waals surface area contributed by atoms with Crippen LogP contribution in [0.15, 0.2) is 12.2 Å². The van der Waals surface area contributed by atoms with Crippen LogP contribution < -0.4 is 0 Å². The molecule has 0 aromatic carbocycles. The molecule has 0 amide bonds. The summed E-state index contributed by atoms with van der Waals surface area (Å²) in [6.45, 7) is 2.63. The average molecular weight is 254 g/mol. The zero-order chi connectivity index (χ0) is 13.3. The lowest BCUT2D eigenvalue weighted by Gasteiger charge is -1.98. The highest BCUT2D eigenvalue weighted by Gasteiger charge is 1.89. The maximum Gasteiger partial charge on any atom is 0.0431 e. The first-order chi connectivity index (χ1) is 8.91. The third-order valence-corrected chi connectivity index (χ3v) is 3.42. The fourth-order valence-electron chi connectivity index (χ4n) is 2.18. The quantitative estimate of drug-likeness (QED) is 0.315. The van der Waals surface area contributed by atoms with Crippen LogP contribution in [0.1, 0.15) is 90.4 Å². The van der Waals surface area contributed by atoms with Crippen LogP contribution in [0.5, 0.6) is 0 Å². The maximum absolute atomic E-state index is 8.65. The molecule has 0 aliphatic carbocycles. The van der Waals surface area contributed by atoms with E-state index in [2.05, 4.69) is 19.1 Å². The Kier molecular flexibility index (Phi) is 16.4. The summed E-state index contributed by atoms with van der Waals surface area (Å²) in [6, 6.07) is 0. The molecule has 0 bridgehead atoms. The molecule has 0 saturated heterocycles. The van der Waals surface area contributed by atoms with Crippen molar-refractivity contribution >= 4 is 0 Å². The molecule has 0 radical (unpaired) electrons. The van der Waals surface area contributed by atoms with Crippen molar-refractivity contribution in [3.63, 3.8) is 0 Å². The van der Waals surface area contributed by atoms with Crippen molar-refractivity contribution in [3.05, 3.63) is 12.2 Å². The third kappa shape index (κ3) is 15.7. The summed E-state index contributed by atoms with van der Waals surface area (Å²) in [6.07, 6.45) is 21.7. The molecule has 0 unspecified atom stereocenters. The normalized spacial score (nSPS) is 11.4. The van der Waals surface area contributed by atoms with E-state index in [1.165, 1.54) is 77.0 Å². The molecule has 0 aliphatic rings. The topological polar surface area (TPSA) is 20.2 Å². The summed E-state index contributed by atoms with van der Waals surface area (Å²) in [7, 11) is 0. The first-order valence-corrected chi connectivity index (χ1v) is 8.17. The van der Waals surface area contributed by atoms with Crippen LogP contribution >= 0.6 is 0 Å². The van der Waals surface area contributed by atoms with Gasteiger partial charge in [0.05, 0.1) is 0 Å². The molecular weight excluding hydrogens is 220 g/mol. The highest BCUT2D eigenvalue weighted by Crippen LogP contribution is 2.08. The highest BCUT2D eigenvalue weighted by molar-refractivity contribution is 4.81. The second-order valence-corrected chi connectivity index (χ2v) is 5.31. The monoisotopic (exact) mass is 254 g/mol. The van der Waals surface area contributed by atoms with E-state index in [0.717, 1.165) is 6.42 Å². The van der Waals surface area contributed by atoms with Gasteiger partial charge in [-0.25, -0.2) is 0 Å². The zero-order valence-electron chi connectivity index (χ0n) is 12.5. The van der Waals surface area contributed by atoms with Crippen LogP contribution in [0.25, 0.3) is 0 Å². The second kappa shape index (κ2) is 16.7. The number of rotatable bonds is 14. The van der Waals surface area contributed by atoms with Crippen LogP contribution in [-0.4, -0.2) is 11.7 Å². The SMILES string of the molecule is CCCCCCCC/C=C\CCCCCCCO. The Balaban J connectivity index is 3.00. The van der Waals surface area contributed by atoms with Gasteiger partial charge in [-0.05, 0) is 32.1 Å². The Morgan fingerprint density at radius 2 is 1.06 bits per heavy atom. The summed E-state index contributed by atoms with van der Waals surface area (Å²) in [5, 5.41) is 8.65. The summed E-state index contributed by atoms with van der Waals surface area (Å²) >= 11 is 0. The minimum Gasteiger partial charge on any atom is -0.396 e. The molecule has 0 atom stereocenters. The standard InChI is InChI=1S/C17H34O/c1-2-3-4-5-6-7-8-9-10-11-12-13-14-15-16-17-18/h9-10,18H,2-8,11-17H2,1H3/b10-9-. The zero-order valence-corrected chi connectivity index (χ0v) is 12.5. The van der Waals surface area contributed by atoms with Gasteiger partial charge in [0.15, 0.2) is 0 Å². The van der Waals surface area contributed by atoms with E-state index in [-0.39, 0.29) is 0 Å². The number of unbranched alkanes of at least 4 members (excludes halogenated alkanes) is 11. The maximum atomic E-state index is 8.65. The van der Waals surface area contributed by atoms with Gasteiger partial charge in [-0.1, -0.05) is 70.4 Å². The number of allylic oxidation sites excluding steroid dienone is 2. The van der Waals surface area contributed by atoms with Gasteiger partial charge in [-0.2, -0.15) is 0 Å². The van der Waals surface area contributed by atoms with E-state index >= 15 is 0 Å². The van der Waals surface area contributed by atoms with Gasteiger partial charge in [0, 0.05) is 6.61 Å². The van der Waals surface area contributed by atoms with E-state index < -0.39 is 0 Å². The molecule has 0 aromatic rings. The number of aliphatic hydroxyl groups is 1. The van der Waals surface area contributed by atoms with E-state index in [9.17, 15) is 0 Å². The fraction of sp³-hybridized carbons (Fsp3) is 0.882. The number of hydrogen-bond donors (Lipinski definition) is 1. The molecule has 18 heavy (non-hydrogen) atoms. The highest BCUT2D eigenvalue weighted by atomic mass is 16.2. The lowest BCUT2D eigenvalue weighted by atomic mass is 10.1. The molecule has 0 aromatic heterocycles. The Bertz CT molecular complexity index is 145. The molecule has 1 heteroatoms. The van der Waals surface area contributed by atoms with Crippen LogP contribution in [0.2, 0.25) is 0 Å². The number of aliphatic hydroxyl groups excluding tert-OH is 1. The van der Waals surface area contributed by atoms with Crippen molar-refractivity contribution < 1.29 is 5.11 Å². The minimum absolute atomic E-state index is 0.359. The predicted octanol–water partition coefficient (Wildman–Crippen LogP) is 5.63. The van der Waals surface area contributed by atoms with Crippen molar-refractivity contribution in [2.45, 2.75) is 90.4 Å². The minimum atomic E-state index is 0.359. The van der Waals surface area contributed by atoms with Crippen LogP contribution in [0, 0.1) is 0 Å². The third-order valence-electron chi connectivity index (χ3n) is 3.42. The summed E-state index contributed by atoms with van der Waals surface area (Å²) < 4.78 is 0. The van der Waals surface area contributed by atoms with Gasteiger partial charge in [0.1, 0.15) is 0 Å². The lowest BCUT2D eigenvalue weighted by Crippen LogP contribution is -1.83. The Labute approximate surface area is 115 Å². The van der Waals surface area contributed by atoms with Gasteiger partial charge in [0.25, 0.3) is 0 Å². The molecule has 0 saturated carbocycles. The fourth-order valence-corrected chi connectivity index (χ4v) is 2.18. The van der Waals surface area contributed by atoms with Gasteiger partial charge < -0.3 is 5.11 Å². The van der Waals surface area contributed by atoms with E-state index in [1.807, 2.05) is 0 Å². The van der Waals surface area contributed by atoms with E-state index in [1.54, 1.807) is 0 Å². The van der Waals surface area contributed by atoms with Crippen molar-refractivity contribution in [2.24, 2.45) is 0 Å². The van der Waals surface area contributed by atoms with Gasteiger partial charge >= 0.3 is 0 Å². The summed E-state index contributed by atoms with van der Waals surface area (Å²) in [4.78, 5) is 0. The summed E-state index contributed by atoms with van der Waals surface area (Å²) in [5.74, 6) is 0. The predicted molar refractivity (Wildman–Crippen MR) is 81.9 cm³/mol. The van der Waals surface area contributed by atoms with Gasteiger partial charge in [0.2, 0.25) is 0 Å². The molecule has 0 spiro atoms. The Hall–Kier alpha value is -0.300. The second-order valence-electron chi connectivity index (χ2n) is 5.31. The average Bonchev–Trinajstić information content (AvgIpc) is 2.39. The molecule has 108 valence electrons. The summed E-state index contributed by atoms with van der Waals surface area (Å²) in [5.41, 5.74) is 0. The van der Waals surface area contributed by atoms with Crippen molar-refractivity contribution in [3.8, 4) is 0 Å². The largest absolute Gasteiger partial charge is 0.396 e. The molecule has 0 aliphatic heterocycles. The first kappa shape index (κ1) is 17.7. The molecular formula is C17H34O. The van der Waals surface area contributed by atoms with Gasteiger partial charge in [-0.15, -0.1) is 0 Å². The van der Waals surface area contributed by atoms with Crippen molar-refractivity contribution in [1.82, 2.24) is 0 Å². The Morgan fingerprint density at radius 1 is 0.611 bits per heavy atom. The molecule has 0 rings (SSSR count). The smallest absolute Gasteiger partial charge is 0.0431 e. The molecule has 0 fully saturated rings. The van der Waals surface area contributed by atoms with Crippen LogP contribution in [0.3, 0.4) is 0 Å². The van der Waals surface area contributed by atoms with Crippen LogP contribution in [0.4, 0.5) is 0 Å². The van der Waals surface area contributed by atoms with Crippen molar-refractivity contribution in [2.75, 3.05) is 6.61 Å². The van der Waals surface area contributed by atoms with E-state index in [4.69, 9.17) is 5.11 Å². The number of hydrogen-bond acceptors (Lipinski definition) is 1. The molecule has 1 N–H and O–H groups in total. The van der Waals surface area contributed by atoms with E-state index in [0.29, 0.717) is 6.61 Å². The van der Waals surface area contributed by atoms with Crippen molar-refractivity contribution in [1.29, 1.82) is 0 Å². The first-order valence-electron chi connectivity index (χ1n) is 8.17. The Morgan fingerprint density at radius 3 is 1.56 bits per heavy atom. The van der Waals surface area contributed by atoms with Gasteiger partial charge in [-0.3, -0.25) is 0 Å². The molecule has 0 heterocycles.